The molecular formula is C24H24N2O8. The molecule has 0 radical (unpaired) electrons. The van der Waals surface area contributed by atoms with Gasteiger partial charge in [-0.25, -0.2) is 0 Å². The Kier molecular flexibility index (Phi) is 7.72. The molecule has 0 spiro atoms. The first-order valence-corrected chi connectivity index (χ1v) is 10.7. The second-order valence-electron chi connectivity index (χ2n) is 7.64. The fourth-order valence-electron chi connectivity index (χ4n) is 3.54. The molecule has 0 aliphatic rings. The number of aromatic nitrogens is 2. The van der Waals surface area contributed by atoms with Crippen LogP contribution in [0.1, 0.15) is 25.7 Å². The largest absolute Gasteiger partial charge is 0.464 e. The Hall–Kier alpha value is -4.08. The molecule has 0 bridgehead atoms. The van der Waals surface area contributed by atoms with Gasteiger partial charge in [-0.05, 0) is 37.8 Å². The Morgan fingerprint density at radius 1 is 0.676 bits per heavy atom. The SMILES string of the molecule is C=CCCCOC(=O)Cn1c(=O)c2cc3c(=O)n(CC(=O)OCCCC=C)c(=O)c3cc2c1=O. The van der Waals surface area contributed by atoms with Crippen molar-refractivity contribution in [3.8, 4) is 0 Å². The lowest BCUT2D eigenvalue weighted by Gasteiger charge is -2.03. The van der Waals surface area contributed by atoms with Crippen molar-refractivity contribution < 1.29 is 19.1 Å². The molecule has 2 heterocycles. The number of allylic oxidation sites excluding steroid dienone is 2. The fraction of sp³-hybridized carbons (Fsp3) is 0.333. The first-order chi connectivity index (χ1) is 16.3. The lowest BCUT2D eigenvalue weighted by atomic mass is 10.1. The average Bonchev–Trinajstić information content (AvgIpc) is 3.18. The van der Waals surface area contributed by atoms with E-state index in [4.69, 9.17) is 9.47 Å². The Bertz CT molecular complexity index is 1280. The number of fused-ring (bicyclic) bond motifs is 2. The van der Waals surface area contributed by atoms with Crippen LogP contribution >= 0.6 is 0 Å². The number of ether oxygens (including phenoxy) is 2. The zero-order valence-corrected chi connectivity index (χ0v) is 18.5. The van der Waals surface area contributed by atoms with Crippen LogP contribution in [0.25, 0.3) is 21.5 Å². The van der Waals surface area contributed by atoms with Crippen molar-refractivity contribution in [1.29, 1.82) is 0 Å². The third-order valence-electron chi connectivity index (χ3n) is 5.27. The van der Waals surface area contributed by atoms with E-state index in [0.717, 1.165) is 12.1 Å². The molecule has 0 saturated carbocycles. The predicted octanol–water partition coefficient (Wildman–Crippen LogP) is 0.931. The standard InChI is InChI=1S/C24H24N2O8/c1-3-5-7-9-33-19(27)13-25-21(29)15-11-17-18(12-16(15)22(25)30)24(32)26(23(17)31)14-20(28)34-10-8-6-4-2/h3-4,11-12H,1-2,5-10,13-14H2. The molecule has 0 fully saturated rings. The Balaban J connectivity index is 1.90. The van der Waals surface area contributed by atoms with Crippen LogP contribution < -0.4 is 22.2 Å². The van der Waals surface area contributed by atoms with Crippen LogP contribution in [-0.2, 0) is 32.2 Å². The smallest absolute Gasteiger partial charge is 0.326 e. The molecule has 0 atom stereocenters. The molecule has 0 saturated heterocycles. The summed E-state index contributed by atoms with van der Waals surface area (Å²) in [5.74, 6) is -1.51. The van der Waals surface area contributed by atoms with Gasteiger partial charge in [0, 0.05) is 0 Å². The first-order valence-electron chi connectivity index (χ1n) is 10.7. The summed E-state index contributed by atoms with van der Waals surface area (Å²) in [7, 11) is 0. The minimum absolute atomic E-state index is 0.0989. The van der Waals surface area contributed by atoms with Gasteiger partial charge in [0.1, 0.15) is 13.1 Å². The molecule has 2 aromatic heterocycles. The molecule has 10 nitrogen and oxygen atoms in total. The van der Waals surface area contributed by atoms with Crippen molar-refractivity contribution in [3.63, 3.8) is 0 Å². The van der Waals surface area contributed by atoms with Crippen molar-refractivity contribution in [1.82, 2.24) is 9.13 Å². The molecule has 10 heteroatoms. The van der Waals surface area contributed by atoms with E-state index in [2.05, 4.69) is 13.2 Å². The maximum absolute atomic E-state index is 12.7. The number of esters is 2. The Morgan fingerprint density at radius 2 is 1.00 bits per heavy atom. The van der Waals surface area contributed by atoms with Crippen molar-refractivity contribution in [2.45, 2.75) is 38.8 Å². The molecular weight excluding hydrogens is 444 g/mol. The number of nitrogens with zero attached hydrogens (tertiary/aromatic N) is 2. The van der Waals surface area contributed by atoms with Gasteiger partial charge in [0.15, 0.2) is 0 Å². The van der Waals surface area contributed by atoms with Crippen molar-refractivity contribution >= 4 is 33.5 Å². The molecule has 3 rings (SSSR count). The fourth-order valence-corrected chi connectivity index (χ4v) is 3.54. The van der Waals surface area contributed by atoms with E-state index in [1.165, 1.54) is 0 Å². The van der Waals surface area contributed by atoms with Crippen LogP contribution in [0.15, 0.2) is 56.6 Å². The number of rotatable bonds is 12. The van der Waals surface area contributed by atoms with Gasteiger partial charge in [-0.3, -0.25) is 37.9 Å². The van der Waals surface area contributed by atoms with Gasteiger partial charge >= 0.3 is 11.9 Å². The maximum Gasteiger partial charge on any atom is 0.326 e. The van der Waals surface area contributed by atoms with Crippen LogP contribution in [0.5, 0.6) is 0 Å². The third-order valence-corrected chi connectivity index (χ3v) is 5.27. The summed E-state index contributed by atoms with van der Waals surface area (Å²) in [5.41, 5.74) is -3.09. The normalized spacial score (nSPS) is 11.1. The first kappa shape index (κ1) is 24.6. The van der Waals surface area contributed by atoms with Crippen molar-refractivity contribution in [2.75, 3.05) is 13.2 Å². The van der Waals surface area contributed by atoms with E-state index in [1.54, 1.807) is 12.2 Å². The highest BCUT2D eigenvalue weighted by Gasteiger charge is 2.22. The monoisotopic (exact) mass is 468 g/mol. The van der Waals surface area contributed by atoms with Gasteiger partial charge in [-0.1, -0.05) is 12.2 Å². The number of hydrogen-bond donors (Lipinski definition) is 0. The molecule has 0 aliphatic carbocycles. The van der Waals surface area contributed by atoms with Gasteiger partial charge in [-0.15, -0.1) is 13.2 Å². The highest BCUT2D eigenvalue weighted by molar-refractivity contribution is 5.98. The van der Waals surface area contributed by atoms with Crippen LogP contribution in [-0.4, -0.2) is 34.3 Å². The topological polar surface area (TPSA) is 131 Å². The number of hydrogen-bond acceptors (Lipinski definition) is 8. The van der Waals surface area contributed by atoms with E-state index in [-0.39, 0.29) is 34.8 Å². The van der Waals surface area contributed by atoms with E-state index in [9.17, 15) is 28.8 Å². The van der Waals surface area contributed by atoms with Crippen LogP contribution in [0.3, 0.4) is 0 Å². The highest BCUT2D eigenvalue weighted by atomic mass is 16.5. The second kappa shape index (κ2) is 10.7. The minimum atomic E-state index is -0.772. The van der Waals surface area contributed by atoms with Crippen LogP contribution in [0, 0.1) is 0 Å². The molecule has 1 aromatic carbocycles. The zero-order chi connectivity index (χ0) is 24.8. The average molecular weight is 468 g/mol. The second-order valence-corrected chi connectivity index (χ2v) is 7.64. The summed E-state index contributed by atoms with van der Waals surface area (Å²) in [6.07, 6.45) is 5.78. The van der Waals surface area contributed by atoms with Crippen molar-refractivity contribution in [3.05, 3.63) is 78.9 Å². The van der Waals surface area contributed by atoms with Crippen LogP contribution in [0.2, 0.25) is 0 Å². The van der Waals surface area contributed by atoms with E-state index < -0.39 is 47.3 Å². The molecule has 0 unspecified atom stereocenters. The predicted molar refractivity (Wildman–Crippen MR) is 126 cm³/mol. The Labute approximate surface area is 193 Å². The van der Waals surface area contributed by atoms with E-state index in [1.807, 2.05) is 0 Å². The van der Waals surface area contributed by atoms with Gasteiger partial charge in [0.25, 0.3) is 22.2 Å². The summed E-state index contributed by atoms with van der Waals surface area (Å²) >= 11 is 0. The number of benzene rings is 1. The molecule has 0 N–H and O–H groups in total. The summed E-state index contributed by atoms with van der Waals surface area (Å²) in [6, 6.07) is 2.30. The van der Waals surface area contributed by atoms with Gasteiger partial charge in [-0.2, -0.15) is 0 Å². The minimum Gasteiger partial charge on any atom is -0.464 e. The summed E-state index contributed by atoms with van der Waals surface area (Å²) in [5, 5.41) is -0.396. The van der Waals surface area contributed by atoms with E-state index in [0.29, 0.717) is 34.8 Å². The van der Waals surface area contributed by atoms with Crippen LogP contribution in [0.4, 0.5) is 0 Å². The lowest BCUT2D eigenvalue weighted by Crippen LogP contribution is -2.30. The molecule has 0 amide bonds. The third kappa shape index (κ3) is 4.95. The molecule has 0 aliphatic heterocycles. The maximum atomic E-state index is 12.7. The molecule has 3 aromatic rings. The van der Waals surface area contributed by atoms with Gasteiger partial charge in [0.05, 0.1) is 34.8 Å². The lowest BCUT2D eigenvalue weighted by molar-refractivity contribution is -0.145. The number of unbranched alkanes of at least 4 members (excludes halogenated alkanes) is 2. The van der Waals surface area contributed by atoms with Gasteiger partial charge < -0.3 is 9.47 Å². The van der Waals surface area contributed by atoms with E-state index >= 15 is 0 Å². The Morgan fingerprint density at radius 3 is 1.29 bits per heavy atom. The molecule has 178 valence electrons. The van der Waals surface area contributed by atoms with Gasteiger partial charge in [0.2, 0.25) is 0 Å². The summed E-state index contributed by atoms with van der Waals surface area (Å²) < 4.78 is 11.4. The number of carbonyl (C=O) groups is 2. The summed E-state index contributed by atoms with van der Waals surface area (Å²) in [4.78, 5) is 74.9. The quantitative estimate of drug-likeness (QED) is 0.218. The zero-order valence-electron chi connectivity index (χ0n) is 18.5. The summed E-state index contributed by atoms with van der Waals surface area (Å²) in [6.45, 7) is 6.20. The number of carbonyl (C=O) groups excluding carboxylic acids is 2. The van der Waals surface area contributed by atoms with Crippen molar-refractivity contribution in [2.24, 2.45) is 0 Å². The molecule has 34 heavy (non-hydrogen) atoms. The highest BCUT2D eigenvalue weighted by Crippen LogP contribution is 2.14.